The number of hydrogen-bond donors (Lipinski definition) is 0. The van der Waals surface area contributed by atoms with Crippen LogP contribution in [0.1, 0.15) is 22.7 Å². The fraction of sp³-hybridized carbons (Fsp3) is 0.296. The number of carbonyl (C=O) groups excluding carboxylic acids is 1. The molecule has 0 saturated carbocycles. The van der Waals surface area contributed by atoms with Crippen LogP contribution in [0.2, 0.25) is 10.0 Å². The molecule has 3 aromatic carbocycles. The Labute approximate surface area is 220 Å². The molecule has 0 spiro atoms. The Balaban J connectivity index is 1.73. The Hall–Kier alpha value is -3.29. The molecule has 1 aliphatic rings. The molecule has 1 heterocycles. The van der Waals surface area contributed by atoms with Crippen LogP contribution in [0.4, 0.5) is 0 Å². The number of amides is 1. The fourth-order valence-electron chi connectivity index (χ4n) is 4.41. The van der Waals surface area contributed by atoms with E-state index >= 15 is 0 Å². The van der Waals surface area contributed by atoms with Gasteiger partial charge in [0.15, 0.2) is 29.6 Å². The zero-order valence-corrected chi connectivity index (χ0v) is 22.0. The van der Waals surface area contributed by atoms with Gasteiger partial charge in [-0.2, -0.15) is 0 Å². The Morgan fingerprint density at radius 3 is 2.14 bits per heavy atom. The van der Waals surface area contributed by atoms with Crippen molar-refractivity contribution in [3.63, 3.8) is 0 Å². The maximum atomic E-state index is 13.5. The zero-order chi connectivity index (χ0) is 25.8. The summed E-state index contributed by atoms with van der Waals surface area (Å²) in [6.07, 6.45) is 0.646. The summed E-state index contributed by atoms with van der Waals surface area (Å²) in [5.41, 5.74) is 2.86. The van der Waals surface area contributed by atoms with Crippen molar-refractivity contribution in [2.24, 2.45) is 0 Å². The van der Waals surface area contributed by atoms with E-state index in [-0.39, 0.29) is 12.5 Å². The van der Waals surface area contributed by atoms with E-state index in [1.54, 1.807) is 51.5 Å². The van der Waals surface area contributed by atoms with Gasteiger partial charge in [-0.3, -0.25) is 4.79 Å². The number of fused-ring (bicyclic) bond motifs is 1. The SMILES string of the molecule is COc1ccc(C2c3cc(OC)c(OC)cc3CCN2C(=O)COc2ccc(Cl)cc2Cl)cc1OC. The molecule has 9 heteroatoms. The average molecular weight is 532 g/mol. The van der Waals surface area contributed by atoms with Crippen molar-refractivity contribution in [2.75, 3.05) is 41.6 Å². The predicted molar refractivity (Wildman–Crippen MR) is 138 cm³/mol. The van der Waals surface area contributed by atoms with Gasteiger partial charge in [-0.25, -0.2) is 0 Å². The van der Waals surface area contributed by atoms with Crippen molar-refractivity contribution in [2.45, 2.75) is 12.5 Å². The maximum absolute atomic E-state index is 13.5. The predicted octanol–water partition coefficient (Wildman–Crippen LogP) is 5.58. The van der Waals surface area contributed by atoms with E-state index in [1.807, 2.05) is 30.3 Å². The van der Waals surface area contributed by atoms with Gasteiger partial charge < -0.3 is 28.6 Å². The quantitative estimate of drug-likeness (QED) is 0.378. The summed E-state index contributed by atoms with van der Waals surface area (Å²) in [7, 11) is 6.36. The lowest BCUT2D eigenvalue weighted by atomic mass is 9.87. The van der Waals surface area contributed by atoms with Crippen LogP contribution in [0.25, 0.3) is 0 Å². The van der Waals surface area contributed by atoms with E-state index < -0.39 is 6.04 Å². The topological polar surface area (TPSA) is 66.5 Å². The van der Waals surface area contributed by atoms with Crippen molar-refractivity contribution in [3.05, 3.63) is 75.3 Å². The molecule has 190 valence electrons. The Kier molecular flexibility index (Phi) is 8.01. The molecule has 3 aromatic rings. The molecule has 0 bridgehead atoms. The van der Waals surface area contributed by atoms with Gasteiger partial charge in [0.2, 0.25) is 0 Å². The highest BCUT2D eigenvalue weighted by molar-refractivity contribution is 6.35. The molecule has 4 rings (SSSR count). The molecule has 1 aliphatic heterocycles. The monoisotopic (exact) mass is 531 g/mol. The van der Waals surface area contributed by atoms with Crippen molar-refractivity contribution < 1.29 is 28.5 Å². The van der Waals surface area contributed by atoms with Crippen molar-refractivity contribution in [1.29, 1.82) is 0 Å². The second-order valence-electron chi connectivity index (χ2n) is 8.12. The fourth-order valence-corrected chi connectivity index (χ4v) is 4.87. The minimum atomic E-state index is -0.412. The van der Waals surface area contributed by atoms with Crippen molar-refractivity contribution in [3.8, 4) is 28.7 Å². The molecule has 7 nitrogen and oxygen atoms in total. The van der Waals surface area contributed by atoms with E-state index in [0.29, 0.717) is 51.8 Å². The van der Waals surface area contributed by atoms with E-state index in [0.717, 1.165) is 16.7 Å². The van der Waals surface area contributed by atoms with E-state index in [2.05, 4.69) is 0 Å². The first-order valence-corrected chi connectivity index (χ1v) is 12.0. The molecule has 1 amide bonds. The van der Waals surface area contributed by atoms with Crippen LogP contribution in [-0.2, 0) is 11.2 Å². The van der Waals surface area contributed by atoms with Gasteiger partial charge in [0.25, 0.3) is 5.91 Å². The molecule has 0 saturated heterocycles. The zero-order valence-electron chi connectivity index (χ0n) is 20.5. The van der Waals surface area contributed by atoms with E-state index in [9.17, 15) is 4.79 Å². The summed E-state index contributed by atoms with van der Waals surface area (Å²) in [6.45, 7) is 0.297. The minimum Gasteiger partial charge on any atom is -0.493 e. The van der Waals surface area contributed by atoms with Gasteiger partial charge in [0.05, 0.1) is 39.5 Å². The van der Waals surface area contributed by atoms with Crippen LogP contribution in [0, 0.1) is 0 Å². The Morgan fingerprint density at radius 2 is 1.47 bits per heavy atom. The van der Waals surface area contributed by atoms with Crippen LogP contribution in [0.3, 0.4) is 0 Å². The third kappa shape index (κ3) is 5.13. The molecule has 1 unspecified atom stereocenters. The van der Waals surface area contributed by atoms with Gasteiger partial charge in [-0.15, -0.1) is 0 Å². The molecule has 0 N–H and O–H groups in total. The summed E-state index contributed by atoms with van der Waals surface area (Å²) >= 11 is 12.2. The summed E-state index contributed by atoms with van der Waals surface area (Å²) in [5, 5.41) is 0.830. The first kappa shape index (κ1) is 25.8. The Morgan fingerprint density at radius 1 is 0.833 bits per heavy atom. The number of hydrogen-bond acceptors (Lipinski definition) is 6. The second kappa shape index (κ2) is 11.2. The molecular weight excluding hydrogens is 505 g/mol. The summed E-state index contributed by atoms with van der Waals surface area (Å²) in [6, 6.07) is 14.0. The highest BCUT2D eigenvalue weighted by Crippen LogP contribution is 2.43. The van der Waals surface area contributed by atoms with Crippen molar-refractivity contribution in [1.82, 2.24) is 4.90 Å². The molecular formula is C27H27Cl2NO6. The molecule has 0 aromatic heterocycles. The summed E-state index contributed by atoms with van der Waals surface area (Å²) in [4.78, 5) is 15.3. The van der Waals surface area contributed by atoms with E-state index in [1.165, 1.54) is 0 Å². The van der Waals surface area contributed by atoms with Crippen LogP contribution in [0.5, 0.6) is 28.7 Å². The standard InChI is InChI=1S/C27H27Cl2NO6/c1-32-22-7-5-17(12-23(22)33-2)27-19-14-25(35-4)24(34-3)11-16(19)9-10-30(27)26(31)15-36-21-8-6-18(28)13-20(21)29/h5-8,11-14,27H,9-10,15H2,1-4H3. The highest BCUT2D eigenvalue weighted by Gasteiger charge is 2.34. The first-order valence-electron chi connectivity index (χ1n) is 11.2. The number of rotatable bonds is 8. The third-order valence-corrected chi connectivity index (χ3v) is 6.69. The molecule has 0 aliphatic carbocycles. The van der Waals surface area contributed by atoms with Crippen LogP contribution >= 0.6 is 23.2 Å². The van der Waals surface area contributed by atoms with Gasteiger partial charge in [0, 0.05) is 11.6 Å². The summed E-state index contributed by atoms with van der Waals surface area (Å²) in [5.74, 6) is 2.59. The van der Waals surface area contributed by atoms with Gasteiger partial charge in [0.1, 0.15) is 5.75 Å². The largest absolute Gasteiger partial charge is 0.493 e. The lowest BCUT2D eigenvalue weighted by Gasteiger charge is -2.38. The highest BCUT2D eigenvalue weighted by atomic mass is 35.5. The number of benzene rings is 3. The van der Waals surface area contributed by atoms with Crippen LogP contribution in [0.15, 0.2) is 48.5 Å². The van der Waals surface area contributed by atoms with Crippen molar-refractivity contribution >= 4 is 29.1 Å². The first-order chi connectivity index (χ1) is 17.4. The number of methoxy groups -OCH3 is 4. The maximum Gasteiger partial charge on any atom is 0.261 e. The smallest absolute Gasteiger partial charge is 0.261 e. The number of halogens is 2. The molecule has 36 heavy (non-hydrogen) atoms. The van der Waals surface area contributed by atoms with Gasteiger partial charge >= 0.3 is 0 Å². The summed E-state index contributed by atoms with van der Waals surface area (Å²) < 4.78 is 27.8. The molecule has 0 radical (unpaired) electrons. The third-order valence-electron chi connectivity index (χ3n) is 6.16. The molecule has 0 fully saturated rings. The van der Waals surface area contributed by atoms with Gasteiger partial charge in [-0.1, -0.05) is 29.3 Å². The van der Waals surface area contributed by atoms with E-state index in [4.69, 9.17) is 46.9 Å². The number of ether oxygens (including phenoxy) is 5. The average Bonchev–Trinajstić information content (AvgIpc) is 2.90. The normalized spacial score (nSPS) is 14.6. The lowest BCUT2D eigenvalue weighted by molar-refractivity contribution is -0.135. The minimum absolute atomic E-state index is 0.187. The number of carbonyl (C=O) groups is 1. The molecule has 1 atom stereocenters. The Bertz CT molecular complexity index is 1270. The van der Waals surface area contributed by atoms with Crippen LogP contribution in [-0.4, -0.2) is 52.4 Å². The van der Waals surface area contributed by atoms with Gasteiger partial charge in [-0.05, 0) is 65.6 Å². The second-order valence-corrected chi connectivity index (χ2v) is 8.97. The number of nitrogens with zero attached hydrogens (tertiary/aromatic N) is 1. The van der Waals surface area contributed by atoms with Crippen LogP contribution < -0.4 is 23.7 Å². The lowest BCUT2D eigenvalue weighted by Crippen LogP contribution is -2.43.